The van der Waals surface area contributed by atoms with Crippen LogP contribution < -0.4 is 20.2 Å². The zero-order chi connectivity index (χ0) is 19.2. The van der Waals surface area contributed by atoms with Crippen LogP contribution in [0.4, 0.5) is 0 Å². The number of amides is 1. The van der Waals surface area contributed by atoms with Crippen molar-refractivity contribution in [3.63, 3.8) is 0 Å². The van der Waals surface area contributed by atoms with Crippen molar-refractivity contribution >= 4 is 21.8 Å². The average Bonchev–Trinajstić information content (AvgIpc) is 3.04. The number of carbonyl (C=O) groups excluding carboxylic acids is 1. The number of ether oxygens (including phenoxy) is 2. The molecule has 0 atom stereocenters. The Morgan fingerprint density at radius 2 is 1.92 bits per heavy atom. The van der Waals surface area contributed by atoms with Crippen LogP contribution in [0, 0.1) is 0 Å². The third-order valence-corrected chi connectivity index (χ3v) is 3.70. The van der Waals surface area contributed by atoms with Gasteiger partial charge in [-0.15, -0.1) is 10.2 Å². The van der Waals surface area contributed by atoms with Crippen molar-refractivity contribution in [3.05, 3.63) is 34.8 Å². The van der Waals surface area contributed by atoms with Crippen LogP contribution in [0.2, 0.25) is 0 Å². The van der Waals surface area contributed by atoms with Crippen LogP contribution in [0.3, 0.4) is 0 Å². The molecule has 0 unspecified atom stereocenters. The summed E-state index contributed by atoms with van der Waals surface area (Å²) in [4.78, 5) is 12.0. The molecule has 0 spiro atoms. The Morgan fingerprint density at radius 1 is 1.23 bits per heavy atom. The zero-order valence-corrected chi connectivity index (χ0v) is 17.0. The van der Waals surface area contributed by atoms with Gasteiger partial charge in [-0.2, -0.15) is 0 Å². The van der Waals surface area contributed by atoms with Crippen LogP contribution in [-0.4, -0.2) is 39.5 Å². The van der Waals surface area contributed by atoms with Gasteiger partial charge in [0.1, 0.15) is 12.7 Å². The van der Waals surface area contributed by atoms with E-state index in [1.807, 2.05) is 39.8 Å². The van der Waals surface area contributed by atoms with Gasteiger partial charge in [-0.05, 0) is 61.3 Å². The largest absolute Gasteiger partial charge is 0.490 e. The van der Waals surface area contributed by atoms with Gasteiger partial charge in [0.25, 0.3) is 5.91 Å². The molecule has 0 bridgehead atoms. The van der Waals surface area contributed by atoms with E-state index in [-0.39, 0.29) is 18.1 Å². The summed E-state index contributed by atoms with van der Waals surface area (Å²) in [6.07, 6.45) is 3.15. The van der Waals surface area contributed by atoms with Crippen molar-refractivity contribution in [1.29, 1.82) is 0 Å². The van der Waals surface area contributed by atoms with E-state index in [1.54, 1.807) is 17.3 Å². The summed E-state index contributed by atoms with van der Waals surface area (Å²) in [6.45, 7) is 8.60. The number of hydrogen-bond acceptors (Lipinski definition) is 6. The first kappa shape index (κ1) is 20.0. The van der Waals surface area contributed by atoms with Gasteiger partial charge < -0.3 is 20.2 Å². The molecular formula is C17H24BrN5O3. The first-order valence-corrected chi connectivity index (χ1v) is 9.05. The van der Waals surface area contributed by atoms with Crippen LogP contribution in [0.25, 0.3) is 0 Å². The molecule has 1 amide bonds. The predicted octanol–water partition coefficient (Wildman–Crippen LogP) is 2.48. The second-order valence-corrected chi connectivity index (χ2v) is 7.48. The molecule has 0 radical (unpaired) electrons. The molecule has 2 N–H and O–H groups in total. The molecule has 0 aliphatic carbocycles. The molecule has 1 aromatic carbocycles. The molecule has 26 heavy (non-hydrogen) atoms. The summed E-state index contributed by atoms with van der Waals surface area (Å²) in [5, 5.41) is 10.3. The van der Waals surface area contributed by atoms with Crippen LogP contribution in [0.5, 0.6) is 11.5 Å². The van der Waals surface area contributed by atoms with E-state index in [0.29, 0.717) is 29.1 Å². The number of carbonyl (C=O) groups is 1. The van der Waals surface area contributed by atoms with Crippen LogP contribution in [0.15, 0.2) is 29.3 Å². The van der Waals surface area contributed by atoms with E-state index in [2.05, 4.69) is 36.9 Å². The number of halogens is 1. The lowest BCUT2D eigenvalue weighted by molar-refractivity contribution is -0.124. The predicted molar refractivity (Wildman–Crippen MR) is 102 cm³/mol. The SMILES string of the molecule is CCOc1cc(CNn2cnnc2)cc(Br)c1OCC(=O)NC(C)(C)C. The lowest BCUT2D eigenvalue weighted by Gasteiger charge is -2.21. The molecule has 142 valence electrons. The Kier molecular flexibility index (Phi) is 6.84. The fourth-order valence-electron chi connectivity index (χ4n) is 2.18. The van der Waals surface area contributed by atoms with E-state index in [0.717, 1.165) is 5.56 Å². The van der Waals surface area contributed by atoms with E-state index in [9.17, 15) is 4.79 Å². The van der Waals surface area contributed by atoms with E-state index < -0.39 is 0 Å². The summed E-state index contributed by atoms with van der Waals surface area (Å²) in [5.74, 6) is 0.889. The first-order valence-electron chi connectivity index (χ1n) is 8.26. The molecular weight excluding hydrogens is 402 g/mol. The molecule has 0 aliphatic heterocycles. The topological polar surface area (TPSA) is 90.3 Å². The second-order valence-electron chi connectivity index (χ2n) is 6.63. The number of rotatable bonds is 8. The Hall–Kier alpha value is -2.29. The smallest absolute Gasteiger partial charge is 0.258 e. The van der Waals surface area contributed by atoms with Crippen LogP contribution in [0.1, 0.15) is 33.3 Å². The number of benzene rings is 1. The van der Waals surface area contributed by atoms with Gasteiger partial charge >= 0.3 is 0 Å². The standard InChI is InChI=1S/C17H24BrN5O3/c1-5-25-14-7-12(8-21-23-10-19-20-11-23)6-13(18)16(14)26-9-15(24)22-17(2,3)4/h6-7,10-11,21H,5,8-9H2,1-4H3,(H,22,24). The maximum absolute atomic E-state index is 12.0. The summed E-state index contributed by atoms with van der Waals surface area (Å²) < 4.78 is 13.8. The van der Waals surface area contributed by atoms with Crippen molar-refractivity contribution in [2.75, 3.05) is 18.6 Å². The minimum absolute atomic E-state index is 0.0890. The quantitative estimate of drug-likeness (QED) is 0.674. The van der Waals surface area contributed by atoms with E-state index in [4.69, 9.17) is 9.47 Å². The molecule has 2 aromatic rings. The molecule has 0 aliphatic rings. The van der Waals surface area contributed by atoms with Crippen LogP contribution >= 0.6 is 15.9 Å². The molecule has 0 fully saturated rings. The van der Waals surface area contributed by atoms with Crippen molar-refractivity contribution in [2.45, 2.75) is 39.8 Å². The molecule has 9 heteroatoms. The fourth-order valence-corrected chi connectivity index (χ4v) is 2.79. The van der Waals surface area contributed by atoms with Crippen molar-refractivity contribution in [3.8, 4) is 11.5 Å². The highest BCUT2D eigenvalue weighted by molar-refractivity contribution is 9.10. The molecule has 8 nitrogen and oxygen atoms in total. The Bertz CT molecular complexity index is 729. The van der Waals surface area contributed by atoms with Crippen LogP contribution in [-0.2, 0) is 11.3 Å². The highest BCUT2D eigenvalue weighted by Gasteiger charge is 2.17. The lowest BCUT2D eigenvalue weighted by atomic mass is 10.1. The van der Waals surface area contributed by atoms with E-state index in [1.165, 1.54) is 0 Å². The van der Waals surface area contributed by atoms with Crippen molar-refractivity contribution in [2.24, 2.45) is 0 Å². The third-order valence-electron chi connectivity index (χ3n) is 3.12. The Morgan fingerprint density at radius 3 is 2.54 bits per heavy atom. The van der Waals surface area contributed by atoms with Gasteiger partial charge in [0.2, 0.25) is 0 Å². The maximum atomic E-state index is 12.0. The Balaban J connectivity index is 2.08. The second kappa shape index (κ2) is 8.88. The van der Waals surface area contributed by atoms with E-state index >= 15 is 0 Å². The maximum Gasteiger partial charge on any atom is 0.258 e. The molecule has 0 saturated carbocycles. The van der Waals surface area contributed by atoms with Gasteiger partial charge in [-0.25, -0.2) is 4.68 Å². The number of nitrogens with zero attached hydrogens (tertiary/aromatic N) is 3. The van der Waals surface area contributed by atoms with Crippen molar-refractivity contribution in [1.82, 2.24) is 20.2 Å². The number of nitrogens with one attached hydrogen (secondary N) is 2. The minimum Gasteiger partial charge on any atom is -0.490 e. The van der Waals surface area contributed by atoms with Gasteiger partial charge in [-0.1, -0.05) is 0 Å². The van der Waals surface area contributed by atoms with Gasteiger partial charge in [0.15, 0.2) is 18.1 Å². The Labute approximate surface area is 161 Å². The van der Waals surface area contributed by atoms with Gasteiger partial charge in [0.05, 0.1) is 17.6 Å². The highest BCUT2D eigenvalue weighted by Crippen LogP contribution is 2.37. The third kappa shape index (κ3) is 6.21. The van der Waals surface area contributed by atoms with Gasteiger partial charge in [-0.3, -0.25) is 4.79 Å². The number of hydrogen-bond donors (Lipinski definition) is 2. The fraction of sp³-hybridized carbons (Fsp3) is 0.471. The number of aromatic nitrogens is 3. The minimum atomic E-state index is -0.307. The molecule has 0 saturated heterocycles. The lowest BCUT2D eigenvalue weighted by Crippen LogP contribution is -2.43. The van der Waals surface area contributed by atoms with Gasteiger partial charge in [0, 0.05) is 5.54 Å². The molecule has 1 heterocycles. The average molecular weight is 426 g/mol. The zero-order valence-electron chi connectivity index (χ0n) is 15.4. The molecule has 2 rings (SSSR count). The highest BCUT2D eigenvalue weighted by atomic mass is 79.9. The first-order chi connectivity index (χ1) is 12.3. The van der Waals surface area contributed by atoms with Crippen molar-refractivity contribution < 1.29 is 14.3 Å². The summed E-state index contributed by atoms with van der Waals surface area (Å²) >= 11 is 3.50. The summed E-state index contributed by atoms with van der Waals surface area (Å²) in [7, 11) is 0. The summed E-state index contributed by atoms with van der Waals surface area (Å²) in [6, 6.07) is 3.79. The normalized spacial score (nSPS) is 11.1. The molecule has 1 aromatic heterocycles. The summed E-state index contributed by atoms with van der Waals surface area (Å²) in [5.41, 5.74) is 3.81. The monoisotopic (exact) mass is 425 g/mol.